The van der Waals surface area contributed by atoms with Crippen molar-refractivity contribution in [3.05, 3.63) is 54.3 Å². The molecule has 0 saturated heterocycles. The lowest BCUT2D eigenvalue weighted by molar-refractivity contribution is 0.344. The van der Waals surface area contributed by atoms with Crippen LogP contribution in [0.25, 0.3) is 0 Å². The van der Waals surface area contributed by atoms with Gasteiger partial charge in [-0.15, -0.1) is 11.8 Å². The molecule has 0 amide bonds. The Morgan fingerprint density at radius 2 is 1.89 bits per heavy atom. The van der Waals surface area contributed by atoms with Crippen molar-refractivity contribution in [3.63, 3.8) is 0 Å². The molecule has 0 unspecified atom stereocenters. The Kier molecular flexibility index (Phi) is 4.47. The molecule has 2 aromatic carbocycles. The minimum Gasteiger partial charge on any atom is -0.493 e. The Balaban J connectivity index is 1.80. The van der Waals surface area contributed by atoms with Crippen LogP contribution in [-0.2, 0) is 0 Å². The van der Waals surface area contributed by atoms with Crippen molar-refractivity contribution in [2.75, 3.05) is 18.1 Å². The van der Waals surface area contributed by atoms with Crippen LogP contribution >= 0.6 is 11.8 Å². The lowest BCUT2D eigenvalue weighted by atomic mass is 10.3. The highest BCUT2D eigenvalue weighted by molar-refractivity contribution is 7.99. The summed E-state index contributed by atoms with van der Waals surface area (Å²) >= 11 is 1.49. The summed E-state index contributed by atoms with van der Waals surface area (Å²) in [7, 11) is 0. The lowest BCUT2D eigenvalue weighted by Gasteiger charge is -2.07. The number of halogens is 1. The smallest absolute Gasteiger partial charge is 0.124 e. The Morgan fingerprint density at radius 3 is 2.67 bits per heavy atom. The van der Waals surface area contributed by atoms with Gasteiger partial charge in [-0.25, -0.2) is 4.39 Å². The van der Waals surface area contributed by atoms with E-state index in [4.69, 9.17) is 10.5 Å². The van der Waals surface area contributed by atoms with Crippen LogP contribution in [0.5, 0.6) is 5.75 Å². The highest BCUT2D eigenvalue weighted by atomic mass is 32.2. The van der Waals surface area contributed by atoms with E-state index in [1.807, 2.05) is 30.3 Å². The topological polar surface area (TPSA) is 35.2 Å². The van der Waals surface area contributed by atoms with E-state index in [0.29, 0.717) is 12.3 Å². The molecular formula is C14H14FNOS. The second kappa shape index (κ2) is 6.31. The Morgan fingerprint density at radius 1 is 1.11 bits per heavy atom. The van der Waals surface area contributed by atoms with Gasteiger partial charge in [0.25, 0.3) is 0 Å². The van der Waals surface area contributed by atoms with Crippen LogP contribution in [0.1, 0.15) is 0 Å². The highest BCUT2D eigenvalue weighted by Gasteiger charge is 2.02. The molecule has 4 heteroatoms. The lowest BCUT2D eigenvalue weighted by Crippen LogP contribution is -2.00. The van der Waals surface area contributed by atoms with Gasteiger partial charge in [0, 0.05) is 16.3 Å². The van der Waals surface area contributed by atoms with Gasteiger partial charge in [0.2, 0.25) is 0 Å². The van der Waals surface area contributed by atoms with Crippen LogP contribution in [0.15, 0.2) is 53.4 Å². The summed E-state index contributed by atoms with van der Waals surface area (Å²) in [5.41, 5.74) is 6.35. The molecule has 0 bridgehead atoms. The van der Waals surface area contributed by atoms with Gasteiger partial charge in [0.15, 0.2) is 0 Å². The predicted octanol–water partition coefficient (Wildman–Crippen LogP) is 3.58. The standard InChI is InChI=1S/C14H14FNOS/c15-11-6-7-13(16)14(10-11)18-9-8-17-12-4-2-1-3-5-12/h1-7,10H,8-9,16H2. The summed E-state index contributed by atoms with van der Waals surface area (Å²) in [6.45, 7) is 0.560. The molecule has 0 aliphatic carbocycles. The van der Waals surface area contributed by atoms with Crippen molar-refractivity contribution in [1.29, 1.82) is 0 Å². The van der Waals surface area contributed by atoms with Crippen molar-refractivity contribution in [2.24, 2.45) is 0 Å². The van der Waals surface area contributed by atoms with E-state index < -0.39 is 0 Å². The summed E-state index contributed by atoms with van der Waals surface area (Å²) < 4.78 is 18.6. The fourth-order valence-corrected chi connectivity index (χ4v) is 2.28. The van der Waals surface area contributed by atoms with E-state index in [2.05, 4.69) is 0 Å². The second-order valence-corrected chi connectivity index (χ2v) is 4.83. The first kappa shape index (κ1) is 12.8. The number of hydrogen-bond acceptors (Lipinski definition) is 3. The van der Waals surface area contributed by atoms with E-state index in [1.165, 1.54) is 23.9 Å². The number of hydrogen-bond donors (Lipinski definition) is 1. The van der Waals surface area contributed by atoms with Crippen molar-refractivity contribution in [1.82, 2.24) is 0 Å². The maximum Gasteiger partial charge on any atom is 0.124 e. The molecule has 0 saturated carbocycles. The van der Waals surface area contributed by atoms with Crippen molar-refractivity contribution in [3.8, 4) is 5.75 Å². The van der Waals surface area contributed by atoms with Crippen molar-refractivity contribution >= 4 is 17.4 Å². The molecule has 0 aliphatic heterocycles. The zero-order valence-corrected chi connectivity index (χ0v) is 10.6. The maximum absolute atomic E-state index is 13.0. The SMILES string of the molecule is Nc1ccc(F)cc1SCCOc1ccccc1. The van der Waals surface area contributed by atoms with E-state index >= 15 is 0 Å². The summed E-state index contributed by atoms with van der Waals surface area (Å²) in [6.07, 6.45) is 0. The molecular weight excluding hydrogens is 249 g/mol. The van der Waals surface area contributed by atoms with Crippen LogP contribution in [-0.4, -0.2) is 12.4 Å². The zero-order chi connectivity index (χ0) is 12.8. The average molecular weight is 263 g/mol. The van der Waals surface area contributed by atoms with E-state index in [0.717, 1.165) is 16.4 Å². The number of thioether (sulfide) groups is 1. The van der Waals surface area contributed by atoms with Crippen LogP contribution in [0.4, 0.5) is 10.1 Å². The number of benzene rings is 2. The summed E-state index contributed by atoms with van der Waals surface area (Å²) in [6, 6.07) is 14.0. The summed E-state index contributed by atoms with van der Waals surface area (Å²) in [5.74, 6) is 1.30. The van der Waals surface area contributed by atoms with Gasteiger partial charge in [-0.05, 0) is 30.3 Å². The van der Waals surface area contributed by atoms with Crippen LogP contribution in [0.2, 0.25) is 0 Å². The largest absolute Gasteiger partial charge is 0.493 e. The van der Waals surface area contributed by atoms with Gasteiger partial charge >= 0.3 is 0 Å². The third-order valence-corrected chi connectivity index (χ3v) is 3.36. The van der Waals surface area contributed by atoms with Crippen molar-refractivity contribution < 1.29 is 9.13 Å². The average Bonchev–Trinajstić information content (AvgIpc) is 2.40. The first-order valence-corrected chi connectivity index (χ1v) is 6.60. The monoisotopic (exact) mass is 263 g/mol. The molecule has 2 N–H and O–H groups in total. The van der Waals surface area contributed by atoms with Gasteiger partial charge in [-0.3, -0.25) is 0 Å². The quantitative estimate of drug-likeness (QED) is 0.509. The molecule has 0 atom stereocenters. The molecule has 2 rings (SSSR count). The zero-order valence-electron chi connectivity index (χ0n) is 9.80. The second-order valence-electron chi connectivity index (χ2n) is 3.69. The normalized spacial score (nSPS) is 10.3. The predicted molar refractivity (Wildman–Crippen MR) is 73.5 cm³/mol. The van der Waals surface area contributed by atoms with Gasteiger partial charge in [-0.2, -0.15) is 0 Å². The number of ether oxygens (including phenoxy) is 1. The van der Waals surface area contributed by atoms with E-state index in [-0.39, 0.29) is 5.82 Å². The molecule has 0 fully saturated rings. The molecule has 0 spiro atoms. The van der Waals surface area contributed by atoms with Crippen LogP contribution < -0.4 is 10.5 Å². The number of nitrogens with two attached hydrogens (primary N) is 1. The molecule has 0 aliphatic rings. The first-order chi connectivity index (χ1) is 8.75. The number of nitrogen functional groups attached to an aromatic ring is 1. The number of anilines is 1. The summed E-state index contributed by atoms with van der Waals surface area (Å²) in [5, 5.41) is 0. The molecule has 0 heterocycles. The Hall–Kier alpha value is -1.68. The first-order valence-electron chi connectivity index (χ1n) is 5.61. The highest BCUT2D eigenvalue weighted by Crippen LogP contribution is 2.25. The minimum atomic E-state index is -0.268. The Labute approximate surface area is 110 Å². The van der Waals surface area contributed by atoms with E-state index in [1.54, 1.807) is 6.07 Å². The Bertz CT molecular complexity index is 504. The molecule has 0 aromatic heterocycles. The summed E-state index contributed by atoms with van der Waals surface area (Å²) in [4.78, 5) is 0.756. The van der Waals surface area contributed by atoms with Gasteiger partial charge in [-0.1, -0.05) is 18.2 Å². The molecule has 18 heavy (non-hydrogen) atoms. The molecule has 2 nitrogen and oxygen atoms in total. The number of rotatable bonds is 5. The van der Waals surface area contributed by atoms with Crippen LogP contribution in [0, 0.1) is 5.82 Å². The van der Waals surface area contributed by atoms with Gasteiger partial charge in [0.05, 0.1) is 6.61 Å². The number of para-hydroxylation sites is 1. The van der Waals surface area contributed by atoms with Gasteiger partial charge < -0.3 is 10.5 Å². The van der Waals surface area contributed by atoms with Crippen molar-refractivity contribution in [2.45, 2.75) is 4.90 Å². The maximum atomic E-state index is 13.0. The molecule has 2 aromatic rings. The minimum absolute atomic E-state index is 0.268. The fourth-order valence-electron chi connectivity index (χ4n) is 1.46. The third-order valence-electron chi connectivity index (χ3n) is 2.33. The molecule has 94 valence electrons. The molecule has 0 radical (unpaired) electrons. The third kappa shape index (κ3) is 3.67. The van der Waals surface area contributed by atoms with E-state index in [9.17, 15) is 4.39 Å². The van der Waals surface area contributed by atoms with Gasteiger partial charge in [0.1, 0.15) is 11.6 Å². The fraction of sp³-hybridized carbons (Fsp3) is 0.143. The van der Waals surface area contributed by atoms with Crippen LogP contribution in [0.3, 0.4) is 0 Å².